The molecule has 0 fully saturated rings. The van der Waals surface area contributed by atoms with Crippen LogP contribution in [0.2, 0.25) is 0 Å². The highest BCUT2D eigenvalue weighted by atomic mass is 32.1. The number of thiazole rings is 1. The van der Waals surface area contributed by atoms with Crippen LogP contribution >= 0.6 is 11.3 Å². The Kier molecular flexibility index (Phi) is 5.45. The predicted octanol–water partition coefficient (Wildman–Crippen LogP) is 1.85. The maximum atomic E-state index is 11.1. The largest absolute Gasteiger partial charge is 0.426 e. The molecule has 0 radical (unpaired) electrons. The van der Waals surface area contributed by atoms with Gasteiger partial charge in [-0.05, 0) is 30.5 Å². The zero-order chi connectivity index (χ0) is 15.9. The van der Waals surface area contributed by atoms with E-state index in [1.807, 2.05) is 16.9 Å². The summed E-state index contributed by atoms with van der Waals surface area (Å²) < 4.78 is 4.97. The quantitative estimate of drug-likeness (QED) is 0.443. The fraction of sp³-hybridized carbons (Fsp3) is 0.214. The molecule has 1 aromatic heterocycles. The Hall–Kier alpha value is -2.45. The highest BCUT2D eigenvalue weighted by Crippen LogP contribution is 2.19. The van der Waals surface area contributed by atoms with Crippen LogP contribution in [0.4, 0.5) is 9.93 Å². The maximum absolute atomic E-state index is 11.1. The van der Waals surface area contributed by atoms with Gasteiger partial charge in [-0.15, -0.1) is 11.3 Å². The Morgan fingerprint density at radius 3 is 2.91 bits per heavy atom. The second kappa shape index (κ2) is 7.53. The van der Waals surface area contributed by atoms with Gasteiger partial charge in [0.15, 0.2) is 5.13 Å². The van der Waals surface area contributed by atoms with Crippen molar-refractivity contribution in [2.45, 2.75) is 19.8 Å². The number of amides is 2. The number of ether oxygens (including phenoxy) is 1. The van der Waals surface area contributed by atoms with Crippen LogP contribution in [0.5, 0.6) is 5.75 Å². The fourth-order valence-corrected chi connectivity index (χ4v) is 2.59. The SMILES string of the molecule is CC(=O)Nc1nc(CCc2cccc(OC(=O)NN)c2)cs1. The zero-order valence-corrected chi connectivity index (χ0v) is 12.8. The molecule has 0 aliphatic heterocycles. The van der Waals surface area contributed by atoms with Crippen molar-refractivity contribution < 1.29 is 14.3 Å². The van der Waals surface area contributed by atoms with Crippen LogP contribution in [0, 0.1) is 0 Å². The maximum Gasteiger partial charge on any atom is 0.426 e. The summed E-state index contributed by atoms with van der Waals surface area (Å²) in [5, 5.41) is 5.16. The van der Waals surface area contributed by atoms with Crippen LogP contribution in [0.1, 0.15) is 18.2 Å². The van der Waals surface area contributed by atoms with Gasteiger partial charge in [0.2, 0.25) is 5.91 Å². The van der Waals surface area contributed by atoms with Crippen LogP contribution in [-0.2, 0) is 17.6 Å². The summed E-state index contributed by atoms with van der Waals surface area (Å²) in [6.07, 6.45) is 0.754. The van der Waals surface area contributed by atoms with E-state index in [2.05, 4.69) is 10.3 Å². The van der Waals surface area contributed by atoms with Crippen molar-refractivity contribution in [3.8, 4) is 5.75 Å². The number of anilines is 1. The summed E-state index contributed by atoms with van der Waals surface area (Å²) in [5.41, 5.74) is 3.82. The van der Waals surface area contributed by atoms with Gasteiger partial charge in [-0.2, -0.15) is 0 Å². The van der Waals surface area contributed by atoms with Crippen molar-refractivity contribution >= 4 is 28.5 Å². The summed E-state index contributed by atoms with van der Waals surface area (Å²) in [6.45, 7) is 1.45. The van der Waals surface area contributed by atoms with Crippen molar-refractivity contribution in [2.75, 3.05) is 5.32 Å². The number of nitrogens with two attached hydrogens (primary N) is 1. The van der Waals surface area contributed by atoms with E-state index in [-0.39, 0.29) is 5.91 Å². The first-order valence-corrected chi connectivity index (χ1v) is 7.44. The number of hydrogen-bond donors (Lipinski definition) is 3. The van der Waals surface area contributed by atoms with Gasteiger partial charge in [0, 0.05) is 12.3 Å². The minimum atomic E-state index is -0.711. The molecule has 2 amide bonds. The second-order valence-corrected chi connectivity index (χ2v) is 5.36. The molecule has 0 spiro atoms. The number of aryl methyl sites for hydroxylation is 2. The monoisotopic (exact) mass is 320 g/mol. The summed E-state index contributed by atoms with van der Waals surface area (Å²) in [6, 6.07) is 7.19. The van der Waals surface area contributed by atoms with Gasteiger partial charge in [-0.1, -0.05) is 12.1 Å². The number of carbonyl (C=O) groups is 2. The van der Waals surface area contributed by atoms with Crippen molar-refractivity contribution in [2.24, 2.45) is 5.84 Å². The summed E-state index contributed by atoms with van der Waals surface area (Å²) in [5.74, 6) is 5.26. The van der Waals surface area contributed by atoms with Gasteiger partial charge in [-0.25, -0.2) is 15.6 Å². The van der Waals surface area contributed by atoms with E-state index in [1.165, 1.54) is 18.3 Å². The van der Waals surface area contributed by atoms with E-state index >= 15 is 0 Å². The van der Waals surface area contributed by atoms with E-state index in [0.717, 1.165) is 24.1 Å². The van der Waals surface area contributed by atoms with Crippen LogP contribution in [0.3, 0.4) is 0 Å². The summed E-state index contributed by atoms with van der Waals surface area (Å²) in [7, 11) is 0. The van der Waals surface area contributed by atoms with E-state index in [1.54, 1.807) is 18.2 Å². The van der Waals surface area contributed by atoms with Crippen molar-refractivity contribution in [1.29, 1.82) is 0 Å². The molecule has 2 aromatic rings. The molecular formula is C14H16N4O3S. The smallest absolute Gasteiger partial charge is 0.409 e. The highest BCUT2D eigenvalue weighted by Gasteiger charge is 2.06. The third-order valence-electron chi connectivity index (χ3n) is 2.73. The van der Waals surface area contributed by atoms with Gasteiger partial charge >= 0.3 is 6.09 Å². The van der Waals surface area contributed by atoms with Crippen LogP contribution in [0.25, 0.3) is 0 Å². The van der Waals surface area contributed by atoms with Gasteiger partial charge in [0.1, 0.15) is 5.75 Å². The minimum Gasteiger partial charge on any atom is -0.409 e. The highest BCUT2D eigenvalue weighted by molar-refractivity contribution is 7.13. The van der Waals surface area contributed by atoms with Gasteiger partial charge in [-0.3, -0.25) is 10.2 Å². The average Bonchev–Trinajstić information content (AvgIpc) is 2.92. The molecule has 8 heteroatoms. The molecule has 2 rings (SSSR count). The Labute approximate surface area is 131 Å². The first kappa shape index (κ1) is 15.9. The summed E-state index contributed by atoms with van der Waals surface area (Å²) >= 11 is 1.39. The van der Waals surface area contributed by atoms with Crippen molar-refractivity contribution in [3.63, 3.8) is 0 Å². The van der Waals surface area contributed by atoms with Crippen LogP contribution in [0.15, 0.2) is 29.6 Å². The number of rotatable bonds is 5. The number of benzene rings is 1. The van der Waals surface area contributed by atoms with E-state index < -0.39 is 6.09 Å². The molecular weight excluding hydrogens is 304 g/mol. The van der Waals surface area contributed by atoms with Crippen LogP contribution in [-0.4, -0.2) is 17.0 Å². The minimum absolute atomic E-state index is 0.135. The van der Waals surface area contributed by atoms with Crippen LogP contribution < -0.4 is 21.3 Å². The lowest BCUT2D eigenvalue weighted by atomic mass is 10.1. The molecule has 1 aromatic carbocycles. The molecule has 0 saturated heterocycles. The third-order valence-corrected chi connectivity index (χ3v) is 3.54. The number of hydrazine groups is 1. The molecule has 0 atom stereocenters. The zero-order valence-electron chi connectivity index (χ0n) is 12.0. The standard InChI is InChI=1S/C14H16N4O3S/c1-9(19)16-13-17-11(8-22-13)6-5-10-3-2-4-12(7-10)21-14(20)18-15/h2-4,7-8H,5-6,15H2,1H3,(H,18,20)(H,16,17,19). The predicted molar refractivity (Wildman–Crippen MR) is 83.6 cm³/mol. The third kappa shape index (κ3) is 4.83. The first-order valence-electron chi connectivity index (χ1n) is 6.56. The number of nitrogens with one attached hydrogen (secondary N) is 2. The Balaban J connectivity index is 1.93. The van der Waals surface area contributed by atoms with Gasteiger partial charge in [0.05, 0.1) is 5.69 Å². The second-order valence-electron chi connectivity index (χ2n) is 4.51. The lowest BCUT2D eigenvalue weighted by Crippen LogP contribution is -2.32. The van der Waals surface area contributed by atoms with E-state index in [9.17, 15) is 9.59 Å². The Morgan fingerprint density at radius 2 is 2.18 bits per heavy atom. The molecule has 22 heavy (non-hydrogen) atoms. The molecule has 0 aliphatic rings. The Morgan fingerprint density at radius 1 is 1.36 bits per heavy atom. The molecule has 0 saturated carbocycles. The normalized spacial score (nSPS) is 10.1. The molecule has 116 valence electrons. The molecule has 0 unspecified atom stereocenters. The molecule has 0 aliphatic carbocycles. The van der Waals surface area contributed by atoms with E-state index in [0.29, 0.717) is 10.9 Å². The first-order chi connectivity index (χ1) is 10.6. The van der Waals surface area contributed by atoms with E-state index in [4.69, 9.17) is 10.6 Å². The number of aromatic nitrogens is 1. The molecule has 0 bridgehead atoms. The van der Waals surface area contributed by atoms with Crippen molar-refractivity contribution in [3.05, 3.63) is 40.9 Å². The Bertz CT molecular complexity index is 672. The van der Waals surface area contributed by atoms with Crippen molar-refractivity contribution in [1.82, 2.24) is 10.4 Å². The number of carbonyl (C=O) groups excluding carboxylic acids is 2. The average molecular weight is 320 g/mol. The number of nitrogens with zero attached hydrogens (tertiary/aromatic N) is 1. The van der Waals surface area contributed by atoms with Gasteiger partial charge < -0.3 is 10.1 Å². The molecule has 7 nitrogen and oxygen atoms in total. The lowest BCUT2D eigenvalue weighted by molar-refractivity contribution is -0.114. The molecule has 4 N–H and O–H groups in total. The molecule has 1 heterocycles. The fourth-order valence-electron chi connectivity index (χ4n) is 1.80. The van der Waals surface area contributed by atoms with Gasteiger partial charge in [0.25, 0.3) is 0 Å². The number of hydrogen-bond acceptors (Lipinski definition) is 6. The summed E-state index contributed by atoms with van der Waals surface area (Å²) in [4.78, 5) is 26.3. The lowest BCUT2D eigenvalue weighted by Gasteiger charge is -2.05. The topological polar surface area (TPSA) is 106 Å².